The number of hydrogen-bond acceptors (Lipinski definition) is 5. The number of aryl methyl sites for hydroxylation is 1. The molecule has 1 aromatic heterocycles. The lowest BCUT2D eigenvalue weighted by atomic mass is 10.1. The fraction of sp³-hybridized carbons (Fsp3) is 0.286. The standard InChI is InChI=1S/C14H15N3O4/c1-9-6-13(17-21-9)16-14(18)15-5-4-10-2-3-11-12(7-10)20-8-19-11/h2-3,6-7H,4-5,8H2,1H3,(H2,15,16,17,18). The van der Waals surface area contributed by atoms with E-state index in [4.69, 9.17) is 14.0 Å². The molecule has 0 spiro atoms. The minimum Gasteiger partial charge on any atom is -0.454 e. The van der Waals surface area contributed by atoms with Gasteiger partial charge in [-0.05, 0) is 31.0 Å². The molecule has 0 saturated heterocycles. The van der Waals surface area contributed by atoms with Crippen molar-refractivity contribution in [2.24, 2.45) is 0 Å². The molecule has 2 N–H and O–H groups in total. The van der Waals surface area contributed by atoms with Crippen LogP contribution < -0.4 is 20.1 Å². The van der Waals surface area contributed by atoms with E-state index in [0.29, 0.717) is 24.5 Å². The van der Waals surface area contributed by atoms with Crippen LogP contribution in [0.15, 0.2) is 28.8 Å². The SMILES string of the molecule is Cc1cc(NC(=O)NCCc2ccc3c(c2)OCO3)no1. The van der Waals surface area contributed by atoms with E-state index in [0.717, 1.165) is 17.1 Å². The van der Waals surface area contributed by atoms with Crippen LogP contribution in [0.25, 0.3) is 0 Å². The number of nitrogens with zero attached hydrogens (tertiary/aromatic N) is 1. The number of rotatable bonds is 4. The van der Waals surface area contributed by atoms with Gasteiger partial charge in [0.25, 0.3) is 0 Å². The van der Waals surface area contributed by atoms with Crippen molar-refractivity contribution in [3.8, 4) is 11.5 Å². The van der Waals surface area contributed by atoms with Gasteiger partial charge in [0.15, 0.2) is 17.3 Å². The molecule has 7 nitrogen and oxygen atoms in total. The molecular weight excluding hydrogens is 274 g/mol. The maximum Gasteiger partial charge on any atom is 0.320 e. The highest BCUT2D eigenvalue weighted by atomic mass is 16.7. The third-order valence-corrected chi connectivity index (χ3v) is 3.01. The molecule has 0 radical (unpaired) electrons. The molecule has 1 aliphatic rings. The Morgan fingerprint density at radius 3 is 2.95 bits per heavy atom. The Balaban J connectivity index is 1.46. The zero-order chi connectivity index (χ0) is 14.7. The summed E-state index contributed by atoms with van der Waals surface area (Å²) < 4.78 is 15.4. The number of anilines is 1. The maximum absolute atomic E-state index is 11.7. The van der Waals surface area contributed by atoms with Crippen LogP contribution in [0.5, 0.6) is 11.5 Å². The summed E-state index contributed by atoms with van der Waals surface area (Å²) in [4.78, 5) is 11.7. The zero-order valence-corrected chi connectivity index (χ0v) is 11.5. The summed E-state index contributed by atoms with van der Waals surface area (Å²) in [6.07, 6.45) is 0.696. The Morgan fingerprint density at radius 1 is 1.29 bits per heavy atom. The summed E-state index contributed by atoms with van der Waals surface area (Å²) in [6.45, 7) is 2.52. The largest absolute Gasteiger partial charge is 0.454 e. The van der Waals surface area contributed by atoms with Gasteiger partial charge in [-0.15, -0.1) is 0 Å². The number of benzene rings is 1. The van der Waals surface area contributed by atoms with Gasteiger partial charge in [-0.2, -0.15) is 0 Å². The average Bonchev–Trinajstić information content (AvgIpc) is 3.07. The Labute approximate surface area is 121 Å². The molecule has 110 valence electrons. The van der Waals surface area contributed by atoms with Crippen LogP contribution in [-0.4, -0.2) is 24.5 Å². The number of carbonyl (C=O) groups is 1. The predicted molar refractivity (Wildman–Crippen MR) is 74.5 cm³/mol. The average molecular weight is 289 g/mol. The number of amides is 2. The topological polar surface area (TPSA) is 85.6 Å². The molecule has 2 aromatic rings. The normalized spacial score (nSPS) is 12.2. The molecule has 7 heteroatoms. The molecule has 1 aliphatic heterocycles. The second-order valence-corrected chi connectivity index (χ2v) is 4.64. The highest BCUT2D eigenvalue weighted by Crippen LogP contribution is 2.32. The van der Waals surface area contributed by atoms with Gasteiger partial charge in [-0.3, -0.25) is 5.32 Å². The molecule has 0 atom stereocenters. The van der Waals surface area contributed by atoms with E-state index in [2.05, 4.69) is 15.8 Å². The number of urea groups is 1. The Hall–Kier alpha value is -2.70. The fourth-order valence-corrected chi connectivity index (χ4v) is 2.00. The van der Waals surface area contributed by atoms with Crippen molar-refractivity contribution in [3.63, 3.8) is 0 Å². The Kier molecular flexibility index (Phi) is 3.63. The molecule has 0 bridgehead atoms. The number of hydrogen-bond donors (Lipinski definition) is 2. The third kappa shape index (κ3) is 3.25. The van der Waals surface area contributed by atoms with E-state index in [1.807, 2.05) is 18.2 Å². The maximum atomic E-state index is 11.7. The van der Waals surface area contributed by atoms with Crippen molar-refractivity contribution < 1.29 is 18.8 Å². The number of aromatic nitrogens is 1. The van der Waals surface area contributed by atoms with Gasteiger partial charge in [0.05, 0.1) is 0 Å². The first-order valence-corrected chi connectivity index (χ1v) is 6.57. The van der Waals surface area contributed by atoms with Gasteiger partial charge < -0.3 is 19.3 Å². The van der Waals surface area contributed by atoms with Crippen LogP contribution in [0.4, 0.5) is 10.6 Å². The zero-order valence-electron chi connectivity index (χ0n) is 11.5. The summed E-state index contributed by atoms with van der Waals surface area (Å²) >= 11 is 0. The summed E-state index contributed by atoms with van der Waals surface area (Å²) in [5, 5.41) is 9.03. The molecule has 3 rings (SSSR count). The quantitative estimate of drug-likeness (QED) is 0.900. The first-order valence-electron chi connectivity index (χ1n) is 6.57. The van der Waals surface area contributed by atoms with E-state index in [1.165, 1.54) is 0 Å². The number of fused-ring (bicyclic) bond motifs is 1. The first-order chi connectivity index (χ1) is 10.2. The highest BCUT2D eigenvalue weighted by molar-refractivity contribution is 5.88. The molecule has 0 fully saturated rings. The van der Waals surface area contributed by atoms with Crippen molar-refractivity contribution in [1.29, 1.82) is 0 Å². The van der Waals surface area contributed by atoms with Crippen molar-refractivity contribution >= 4 is 11.8 Å². The van der Waals surface area contributed by atoms with Gasteiger partial charge in [-0.25, -0.2) is 4.79 Å². The van der Waals surface area contributed by atoms with Crippen LogP contribution in [0.2, 0.25) is 0 Å². The van der Waals surface area contributed by atoms with Crippen molar-refractivity contribution in [1.82, 2.24) is 10.5 Å². The van der Waals surface area contributed by atoms with E-state index in [-0.39, 0.29) is 12.8 Å². The molecular formula is C14H15N3O4. The monoisotopic (exact) mass is 289 g/mol. The minimum absolute atomic E-state index is 0.260. The number of nitrogens with one attached hydrogen (secondary N) is 2. The van der Waals surface area contributed by atoms with Gasteiger partial charge in [0, 0.05) is 12.6 Å². The summed E-state index contributed by atoms with van der Waals surface area (Å²) in [6, 6.07) is 7.08. The summed E-state index contributed by atoms with van der Waals surface area (Å²) in [5.41, 5.74) is 1.07. The Bertz CT molecular complexity index is 653. The van der Waals surface area contributed by atoms with Crippen molar-refractivity contribution in [3.05, 3.63) is 35.6 Å². The third-order valence-electron chi connectivity index (χ3n) is 3.01. The molecule has 21 heavy (non-hydrogen) atoms. The van der Waals surface area contributed by atoms with Gasteiger partial charge in [-0.1, -0.05) is 11.2 Å². The van der Waals surface area contributed by atoms with E-state index < -0.39 is 0 Å². The lowest BCUT2D eigenvalue weighted by molar-refractivity contribution is 0.174. The van der Waals surface area contributed by atoms with E-state index in [9.17, 15) is 4.79 Å². The molecule has 2 heterocycles. The van der Waals surface area contributed by atoms with Gasteiger partial charge in [0.2, 0.25) is 6.79 Å². The molecule has 0 unspecified atom stereocenters. The minimum atomic E-state index is -0.316. The van der Waals surface area contributed by atoms with E-state index >= 15 is 0 Å². The first kappa shape index (κ1) is 13.3. The molecule has 0 saturated carbocycles. The molecule has 2 amide bonds. The lowest BCUT2D eigenvalue weighted by Crippen LogP contribution is -2.30. The van der Waals surface area contributed by atoms with Crippen molar-refractivity contribution in [2.75, 3.05) is 18.7 Å². The van der Waals surface area contributed by atoms with Crippen LogP contribution in [0, 0.1) is 6.92 Å². The van der Waals surface area contributed by atoms with Crippen molar-refractivity contribution in [2.45, 2.75) is 13.3 Å². The number of ether oxygens (including phenoxy) is 2. The van der Waals surface area contributed by atoms with Gasteiger partial charge >= 0.3 is 6.03 Å². The summed E-state index contributed by atoms with van der Waals surface area (Å²) in [5.74, 6) is 2.54. The van der Waals surface area contributed by atoms with Crippen LogP contribution in [0.3, 0.4) is 0 Å². The molecule has 0 aliphatic carbocycles. The highest BCUT2D eigenvalue weighted by Gasteiger charge is 2.13. The molecule has 1 aromatic carbocycles. The van der Waals surface area contributed by atoms with Crippen LogP contribution in [-0.2, 0) is 6.42 Å². The smallest absolute Gasteiger partial charge is 0.320 e. The fourth-order valence-electron chi connectivity index (χ4n) is 2.00. The second-order valence-electron chi connectivity index (χ2n) is 4.64. The predicted octanol–water partition coefficient (Wildman–Crippen LogP) is 2.08. The van der Waals surface area contributed by atoms with Crippen LogP contribution in [0.1, 0.15) is 11.3 Å². The van der Waals surface area contributed by atoms with E-state index in [1.54, 1.807) is 13.0 Å². The summed E-state index contributed by atoms with van der Waals surface area (Å²) in [7, 11) is 0. The van der Waals surface area contributed by atoms with Gasteiger partial charge in [0.1, 0.15) is 5.76 Å². The lowest BCUT2D eigenvalue weighted by Gasteiger charge is -2.06. The second kappa shape index (κ2) is 5.74. The Morgan fingerprint density at radius 2 is 2.14 bits per heavy atom. The number of carbonyl (C=O) groups excluding carboxylic acids is 1. The van der Waals surface area contributed by atoms with Crippen LogP contribution >= 0.6 is 0 Å².